The molecule has 1 aromatic carbocycles. The maximum absolute atomic E-state index is 13.1. The van der Waals surface area contributed by atoms with E-state index in [4.69, 9.17) is 0 Å². The highest BCUT2D eigenvalue weighted by Crippen LogP contribution is 2.16. The zero-order valence-electron chi connectivity index (χ0n) is 13.6. The smallest absolute Gasteiger partial charge is 0.132 e. The van der Waals surface area contributed by atoms with Crippen molar-refractivity contribution < 1.29 is 4.39 Å². The average Bonchev–Trinajstić information content (AvgIpc) is 2.61. The number of aromatic nitrogens is 3. The van der Waals surface area contributed by atoms with Crippen molar-refractivity contribution in [3.63, 3.8) is 0 Å². The number of anilines is 1. The zero-order valence-corrected chi connectivity index (χ0v) is 13.6. The van der Waals surface area contributed by atoms with Gasteiger partial charge in [-0.3, -0.25) is 4.98 Å². The van der Waals surface area contributed by atoms with E-state index in [-0.39, 0.29) is 5.82 Å². The van der Waals surface area contributed by atoms with Gasteiger partial charge in [0.2, 0.25) is 0 Å². The normalized spacial score (nSPS) is 10.6. The Morgan fingerprint density at radius 3 is 2.54 bits per heavy atom. The first kappa shape index (κ1) is 16.1. The van der Waals surface area contributed by atoms with Crippen LogP contribution in [0.4, 0.5) is 10.2 Å². The second-order valence-electron chi connectivity index (χ2n) is 5.64. The molecule has 0 atom stereocenters. The summed E-state index contributed by atoms with van der Waals surface area (Å²) in [6.07, 6.45) is 4.18. The molecule has 122 valence electrons. The summed E-state index contributed by atoms with van der Waals surface area (Å²) in [4.78, 5) is 15.1. The molecule has 24 heavy (non-hydrogen) atoms. The lowest BCUT2D eigenvalue weighted by atomic mass is 10.2. The minimum absolute atomic E-state index is 0.225. The van der Waals surface area contributed by atoms with Crippen molar-refractivity contribution in [2.75, 3.05) is 11.4 Å². The standard InChI is InChI=1S/C19H19FN4/c1-15-12-19(23-14-22-15)24(11-9-18-4-2-3-10-21-18)13-16-5-7-17(20)8-6-16/h2-8,10,12,14H,9,11,13H2,1H3. The summed E-state index contributed by atoms with van der Waals surface area (Å²) in [6.45, 7) is 3.37. The first-order valence-electron chi connectivity index (χ1n) is 7.88. The second kappa shape index (κ2) is 7.64. The van der Waals surface area contributed by atoms with Gasteiger partial charge in [0, 0.05) is 43.2 Å². The molecular formula is C19H19FN4. The van der Waals surface area contributed by atoms with E-state index in [1.165, 1.54) is 12.1 Å². The Labute approximate surface area is 141 Å². The molecule has 0 saturated heterocycles. The fraction of sp³-hybridized carbons (Fsp3) is 0.211. The van der Waals surface area contributed by atoms with Crippen LogP contribution < -0.4 is 4.90 Å². The molecule has 0 aliphatic rings. The molecule has 0 aliphatic carbocycles. The van der Waals surface area contributed by atoms with Crippen molar-refractivity contribution in [2.24, 2.45) is 0 Å². The van der Waals surface area contributed by atoms with Crippen LogP contribution >= 0.6 is 0 Å². The lowest BCUT2D eigenvalue weighted by Gasteiger charge is -2.24. The molecule has 0 amide bonds. The van der Waals surface area contributed by atoms with Gasteiger partial charge in [0.1, 0.15) is 18.0 Å². The monoisotopic (exact) mass is 322 g/mol. The third kappa shape index (κ3) is 4.35. The molecule has 2 aromatic heterocycles. The molecule has 3 aromatic rings. The van der Waals surface area contributed by atoms with Gasteiger partial charge >= 0.3 is 0 Å². The summed E-state index contributed by atoms with van der Waals surface area (Å²) in [5, 5.41) is 0. The second-order valence-corrected chi connectivity index (χ2v) is 5.64. The Bertz CT molecular complexity index is 775. The Hall–Kier alpha value is -2.82. The first-order valence-corrected chi connectivity index (χ1v) is 7.88. The van der Waals surface area contributed by atoms with Crippen molar-refractivity contribution in [1.82, 2.24) is 15.0 Å². The molecule has 0 fully saturated rings. The topological polar surface area (TPSA) is 41.9 Å². The molecule has 0 unspecified atom stereocenters. The van der Waals surface area contributed by atoms with Gasteiger partial charge in [0.05, 0.1) is 0 Å². The van der Waals surface area contributed by atoms with Crippen LogP contribution in [0.3, 0.4) is 0 Å². The van der Waals surface area contributed by atoms with E-state index in [1.807, 2.05) is 31.2 Å². The third-order valence-electron chi connectivity index (χ3n) is 3.76. The maximum Gasteiger partial charge on any atom is 0.132 e. The van der Waals surface area contributed by atoms with Gasteiger partial charge in [-0.2, -0.15) is 0 Å². The fourth-order valence-corrected chi connectivity index (χ4v) is 2.49. The Morgan fingerprint density at radius 1 is 1.00 bits per heavy atom. The highest BCUT2D eigenvalue weighted by atomic mass is 19.1. The van der Waals surface area contributed by atoms with E-state index in [2.05, 4.69) is 19.9 Å². The molecule has 0 spiro atoms. The summed E-state index contributed by atoms with van der Waals surface area (Å²) < 4.78 is 13.1. The van der Waals surface area contributed by atoms with Gasteiger partial charge in [-0.15, -0.1) is 0 Å². The van der Waals surface area contributed by atoms with Crippen LogP contribution in [0.25, 0.3) is 0 Å². The Kier molecular flexibility index (Phi) is 5.11. The number of hydrogen-bond donors (Lipinski definition) is 0. The molecule has 0 saturated carbocycles. The summed E-state index contributed by atoms with van der Waals surface area (Å²) >= 11 is 0. The maximum atomic E-state index is 13.1. The number of benzene rings is 1. The van der Waals surface area contributed by atoms with Crippen molar-refractivity contribution in [2.45, 2.75) is 19.9 Å². The molecule has 0 radical (unpaired) electrons. The predicted octanol–water partition coefficient (Wildman–Crippen LogP) is 3.57. The lowest BCUT2D eigenvalue weighted by Crippen LogP contribution is -2.26. The largest absolute Gasteiger partial charge is 0.352 e. The third-order valence-corrected chi connectivity index (χ3v) is 3.76. The van der Waals surface area contributed by atoms with E-state index in [0.29, 0.717) is 6.54 Å². The highest BCUT2D eigenvalue weighted by Gasteiger charge is 2.10. The summed E-state index contributed by atoms with van der Waals surface area (Å²) in [6, 6.07) is 14.4. The SMILES string of the molecule is Cc1cc(N(CCc2ccccn2)Cc2ccc(F)cc2)ncn1. The van der Waals surface area contributed by atoms with Crippen LogP contribution in [0.1, 0.15) is 17.0 Å². The van der Waals surface area contributed by atoms with Crippen LogP contribution in [-0.4, -0.2) is 21.5 Å². The van der Waals surface area contributed by atoms with Crippen LogP contribution in [-0.2, 0) is 13.0 Å². The number of aryl methyl sites for hydroxylation is 1. The molecule has 0 bridgehead atoms. The summed E-state index contributed by atoms with van der Waals surface area (Å²) in [5.41, 5.74) is 2.99. The van der Waals surface area contributed by atoms with E-state index in [9.17, 15) is 4.39 Å². The minimum Gasteiger partial charge on any atom is -0.352 e. The summed E-state index contributed by atoms with van der Waals surface area (Å²) in [7, 11) is 0. The quantitative estimate of drug-likeness (QED) is 0.696. The van der Waals surface area contributed by atoms with Crippen molar-refractivity contribution >= 4 is 5.82 Å². The van der Waals surface area contributed by atoms with Crippen molar-refractivity contribution in [3.05, 3.63) is 83.8 Å². The highest BCUT2D eigenvalue weighted by molar-refractivity contribution is 5.40. The van der Waals surface area contributed by atoms with Crippen LogP contribution in [0.15, 0.2) is 61.1 Å². The Morgan fingerprint density at radius 2 is 1.83 bits per heavy atom. The van der Waals surface area contributed by atoms with Gasteiger partial charge in [0.25, 0.3) is 0 Å². The molecule has 0 aliphatic heterocycles. The van der Waals surface area contributed by atoms with Crippen molar-refractivity contribution in [3.8, 4) is 0 Å². The zero-order chi connectivity index (χ0) is 16.8. The molecule has 0 N–H and O–H groups in total. The number of hydrogen-bond acceptors (Lipinski definition) is 4. The number of halogens is 1. The minimum atomic E-state index is -0.225. The lowest BCUT2D eigenvalue weighted by molar-refractivity contribution is 0.626. The van der Waals surface area contributed by atoms with E-state index < -0.39 is 0 Å². The number of pyridine rings is 1. The average molecular weight is 322 g/mol. The van der Waals surface area contributed by atoms with Gasteiger partial charge in [-0.1, -0.05) is 18.2 Å². The van der Waals surface area contributed by atoms with E-state index in [0.717, 1.165) is 35.7 Å². The van der Waals surface area contributed by atoms with Crippen LogP contribution in [0.5, 0.6) is 0 Å². The summed E-state index contributed by atoms with van der Waals surface area (Å²) in [5.74, 6) is 0.638. The van der Waals surface area contributed by atoms with E-state index in [1.54, 1.807) is 24.7 Å². The molecule has 4 nitrogen and oxygen atoms in total. The number of rotatable bonds is 6. The molecule has 2 heterocycles. The van der Waals surface area contributed by atoms with Crippen LogP contribution in [0.2, 0.25) is 0 Å². The number of nitrogens with zero attached hydrogens (tertiary/aromatic N) is 4. The van der Waals surface area contributed by atoms with Crippen molar-refractivity contribution in [1.29, 1.82) is 0 Å². The predicted molar refractivity (Wildman–Crippen MR) is 92.2 cm³/mol. The first-order chi connectivity index (χ1) is 11.7. The molecular weight excluding hydrogens is 303 g/mol. The van der Waals surface area contributed by atoms with Gasteiger partial charge in [-0.25, -0.2) is 14.4 Å². The molecule has 5 heteroatoms. The van der Waals surface area contributed by atoms with Gasteiger partial charge in [0.15, 0.2) is 0 Å². The molecule has 3 rings (SSSR count). The van der Waals surface area contributed by atoms with Crippen LogP contribution in [0, 0.1) is 12.7 Å². The van der Waals surface area contributed by atoms with E-state index >= 15 is 0 Å². The van der Waals surface area contributed by atoms with Gasteiger partial charge < -0.3 is 4.90 Å². The Balaban J connectivity index is 1.78. The van der Waals surface area contributed by atoms with Gasteiger partial charge in [-0.05, 0) is 36.8 Å². The fourth-order valence-electron chi connectivity index (χ4n) is 2.49.